The number of nitro benzene ring substituents is 1. The van der Waals surface area contributed by atoms with E-state index >= 15 is 0 Å². The molecule has 0 radical (unpaired) electrons. The first kappa shape index (κ1) is 17.7. The van der Waals surface area contributed by atoms with Crippen molar-refractivity contribution in [2.24, 2.45) is 5.92 Å². The van der Waals surface area contributed by atoms with Crippen molar-refractivity contribution in [3.63, 3.8) is 0 Å². The number of piperidine rings is 1. The maximum Gasteiger partial charge on any atom is 0.272 e. The van der Waals surface area contributed by atoms with Crippen LogP contribution in [0.2, 0.25) is 10.0 Å². The zero-order valence-corrected chi connectivity index (χ0v) is 14.9. The Labute approximate surface area is 151 Å². The molecule has 0 aromatic heterocycles. The minimum Gasteiger partial charge on any atom is -0.379 e. The van der Waals surface area contributed by atoms with Crippen molar-refractivity contribution >= 4 is 34.6 Å². The highest BCUT2D eigenvalue weighted by molar-refractivity contribution is 6.39. The second kappa shape index (κ2) is 7.87. The molecule has 1 aromatic rings. The van der Waals surface area contributed by atoms with E-state index < -0.39 is 4.92 Å². The number of halogens is 2. The number of anilines is 1. The van der Waals surface area contributed by atoms with E-state index in [4.69, 9.17) is 27.9 Å². The molecule has 0 N–H and O–H groups in total. The average molecular weight is 374 g/mol. The van der Waals surface area contributed by atoms with Crippen LogP contribution in [0, 0.1) is 16.0 Å². The van der Waals surface area contributed by atoms with Crippen LogP contribution in [0.5, 0.6) is 0 Å². The van der Waals surface area contributed by atoms with Gasteiger partial charge in [0.15, 0.2) is 0 Å². The molecule has 2 saturated heterocycles. The van der Waals surface area contributed by atoms with E-state index in [-0.39, 0.29) is 5.69 Å². The van der Waals surface area contributed by atoms with Crippen LogP contribution in [0.1, 0.15) is 12.8 Å². The van der Waals surface area contributed by atoms with Gasteiger partial charge in [0.2, 0.25) is 0 Å². The second-order valence-corrected chi connectivity index (χ2v) is 7.20. The van der Waals surface area contributed by atoms with Crippen LogP contribution in [-0.2, 0) is 4.74 Å². The number of morpholine rings is 1. The molecule has 3 rings (SSSR count). The largest absolute Gasteiger partial charge is 0.379 e. The van der Waals surface area contributed by atoms with Crippen molar-refractivity contribution in [2.75, 3.05) is 50.8 Å². The summed E-state index contributed by atoms with van der Waals surface area (Å²) in [5.74, 6) is 0.541. The van der Waals surface area contributed by atoms with Crippen molar-refractivity contribution in [3.05, 3.63) is 32.3 Å². The molecule has 0 saturated carbocycles. The first-order valence-electron chi connectivity index (χ1n) is 8.23. The molecule has 0 amide bonds. The topological polar surface area (TPSA) is 58.9 Å². The molecule has 0 aliphatic carbocycles. The SMILES string of the molecule is O=[N+]([O-])c1cc(Cl)c(N2CCCC(CN3CCOCC3)C2)c(Cl)c1. The Hall–Kier alpha value is -1.08. The van der Waals surface area contributed by atoms with E-state index in [1.807, 2.05) is 0 Å². The number of non-ortho nitro benzene ring substituents is 1. The van der Waals surface area contributed by atoms with Crippen LogP contribution in [0.4, 0.5) is 11.4 Å². The first-order chi connectivity index (χ1) is 11.5. The standard InChI is InChI=1S/C16H21Cl2N3O3/c17-14-8-13(21(22)23)9-15(18)16(14)20-3-1-2-12(11-20)10-19-4-6-24-7-5-19/h8-9,12H,1-7,10-11H2. The van der Waals surface area contributed by atoms with Gasteiger partial charge in [-0.2, -0.15) is 0 Å². The van der Waals surface area contributed by atoms with Gasteiger partial charge in [0, 0.05) is 44.9 Å². The summed E-state index contributed by atoms with van der Waals surface area (Å²) in [6.07, 6.45) is 2.24. The van der Waals surface area contributed by atoms with Gasteiger partial charge in [0.25, 0.3) is 5.69 Å². The Kier molecular flexibility index (Phi) is 5.81. The summed E-state index contributed by atoms with van der Waals surface area (Å²) < 4.78 is 5.40. The quantitative estimate of drug-likeness (QED) is 0.597. The minimum atomic E-state index is -0.473. The molecule has 0 spiro atoms. The van der Waals surface area contributed by atoms with Gasteiger partial charge in [-0.25, -0.2) is 0 Å². The van der Waals surface area contributed by atoms with Crippen molar-refractivity contribution in [3.8, 4) is 0 Å². The van der Waals surface area contributed by atoms with Crippen LogP contribution < -0.4 is 4.90 Å². The van der Waals surface area contributed by atoms with Crippen molar-refractivity contribution in [1.29, 1.82) is 0 Å². The zero-order chi connectivity index (χ0) is 17.1. The van der Waals surface area contributed by atoms with Crippen LogP contribution in [0.15, 0.2) is 12.1 Å². The molecule has 8 heteroatoms. The predicted octanol–water partition coefficient (Wildman–Crippen LogP) is 3.45. The molecule has 24 heavy (non-hydrogen) atoms. The lowest BCUT2D eigenvalue weighted by Gasteiger charge is -2.38. The summed E-state index contributed by atoms with van der Waals surface area (Å²) in [6, 6.07) is 2.77. The Morgan fingerprint density at radius 3 is 2.50 bits per heavy atom. The molecular formula is C16H21Cl2N3O3. The summed E-state index contributed by atoms with van der Waals surface area (Å²) in [7, 11) is 0. The molecule has 2 aliphatic heterocycles. The van der Waals surface area contributed by atoms with Crippen molar-refractivity contribution in [1.82, 2.24) is 4.90 Å². The smallest absolute Gasteiger partial charge is 0.272 e. The Balaban J connectivity index is 1.71. The number of benzene rings is 1. The van der Waals surface area contributed by atoms with Crippen LogP contribution >= 0.6 is 23.2 Å². The predicted molar refractivity (Wildman–Crippen MR) is 95.3 cm³/mol. The second-order valence-electron chi connectivity index (χ2n) is 6.38. The molecule has 2 heterocycles. The first-order valence-corrected chi connectivity index (χ1v) is 8.98. The highest BCUT2D eigenvalue weighted by Gasteiger charge is 2.26. The Bertz CT molecular complexity index is 585. The summed E-state index contributed by atoms with van der Waals surface area (Å²) in [5.41, 5.74) is 0.645. The lowest BCUT2D eigenvalue weighted by molar-refractivity contribution is -0.384. The Morgan fingerprint density at radius 2 is 1.88 bits per heavy atom. The third kappa shape index (κ3) is 4.11. The lowest BCUT2D eigenvalue weighted by Crippen LogP contribution is -2.44. The zero-order valence-electron chi connectivity index (χ0n) is 13.4. The van der Waals surface area contributed by atoms with Gasteiger partial charge in [-0.05, 0) is 18.8 Å². The van der Waals surface area contributed by atoms with E-state index in [0.29, 0.717) is 16.0 Å². The third-order valence-electron chi connectivity index (χ3n) is 4.67. The molecule has 2 aliphatic rings. The number of rotatable bonds is 4. The summed E-state index contributed by atoms with van der Waals surface area (Å²) in [4.78, 5) is 15.1. The summed E-state index contributed by atoms with van der Waals surface area (Å²) in [5, 5.41) is 11.6. The monoisotopic (exact) mass is 373 g/mol. The third-order valence-corrected chi connectivity index (χ3v) is 5.24. The van der Waals surface area contributed by atoms with Gasteiger partial charge in [-0.15, -0.1) is 0 Å². The lowest BCUT2D eigenvalue weighted by atomic mass is 9.96. The number of hydrogen-bond acceptors (Lipinski definition) is 5. The van der Waals surface area contributed by atoms with Gasteiger partial charge in [0.1, 0.15) is 0 Å². The van der Waals surface area contributed by atoms with E-state index in [2.05, 4.69) is 9.80 Å². The molecule has 1 unspecified atom stereocenters. The molecule has 132 valence electrons. The summed E-state index contributed by atoms with van der Waals surface area (Å²) >= 11 is 12.6. The molecule has 6 nitrogen and oxygen atoms in total. The molecule has 1 atom stereocenters. The fourth-order valence-corrected chi connectivity index (χ4v) is 4.24. The molecule has 1 aromatic carbocycles. The van der Waals surface area contributed by atoms with Crippen molar-refractivity contribution in [2.45, 2.75) is 12.8 Å². The van der Waals surface area contributed by atoms with Gasteiger partial charge >= 0.3 is 0 Å². The maximum atomic E-state index is 10.9. The number of ether oxygens (including phenoxy) is 1. The number of hydrogen-bond donors (Lipinski definition) is 0. The van der Waals surface area contributed by atoms with Gasteiger partial charge in [-0.3, -0.25) is 15.0 Å². The number of nitrogens with zero attached hydrogens (tertiary/aromatic N) is 3. The van der Waals surface area contributed by atoms with E-state index in [9.17, 15) is 10.1 Å². The van der Waals surface area contributed by atoms with Gasteiger partial charge < -0.3 is 9.64 Å². The molecular weight excluding hydrogens is 353 g/mol. The van der Waals surface area contributed by atoms with Gasteiger partial charge in [-0.1, -0.05) is 23.2 Å². The minimum absolute atomic E-state index is 0.0735. The normalized spacial score (nSPS) is 22.6. The van der Waals surface area contributed by atoms with Gasteiger partial charge in [0.05, 0.1) is 33.9 Å². The van der Waals surface area contributed by atoms with E-state index in [0.717, 1.165) is 58.0 Å². The highest BCUT2D eigenvalue weighted by Crippen LogP contribution is 2.39. The molecule has 0 bridgehead atoms. The molecule has 2 fully saturated rings. The van der Waals surface area contributed by atoms with Crippen molar-refractivity contribution < 1.29 is 9.66 Å². The number of nitro groups is 1. The van der Waals surface area contributed by atoms with Crippen LogP contribution in [0.3, 0.4) is 0 Å². The van der Waals surface area contributed by atoms with Crippen LogP contribution in [-0.4, -0.2) is 55.8 Å². The highest BCUT2D eigenvalue weighted by atomic mass is 35.5. The maximum absolute atomic E-state index is 10.9. The van der Waals surface area contributed by atoms with E-state index in [1.165, 1.54) is 18.6 Å². The fraction of sp³-hybridized carbons (Fsp3) is 0.625. The van der Waals surface area contributed by atoms with Crippen LogP contribution in [0.25, 0.3) is 0 Å². The summed E-state index contributed by atoms with van der Waals surface area (Å²) in [6.45, 7) is 6.35. The average Bonchev–Trinajstić information content (AvgIpc) is 2.55. The Morgan fingerprint density at radius 1 is 1.21 bits per heavy atom. The fourth-order valence-electron chi connectivity index (χ4n) is 3.53. The van der Waals surface area contributed by atoms with E-state index in [1.54, 1.807) is 0 Å².